The van der Waals surface area contributed by atoms with E-state index in [1.807, 2.05) is 0 Å². The van der Waals surface area contributed by atoms with Gasteiger partial charge in [-0.2, -0.15) is 0 Å². The number of hydrogen-bond acceptors (Lipinski definition) is 5. The fourth-order valence-corrected chi connectivity index (χ4v) is 3.97. The minimum atomic E-state index is -0.397. The van der Waals surface area contributed by atoms with E-state index in [1.54, 1.807) is 12.1 Å². The number of nitrogens with one attached hydrogen (secondary N) is 2. The fourth-order valence-electron chi connectivity index (χ4n) is 3.97. The molecule has 1 aromatic carbocycles. The molecule has 0 unspecified atom stereocenters. The molecule has 3 atom stereocenters. The summed E-state index contributed by atoms with van der Waals surface area (Å²) in [5.74, 6) is 1.09. The van der Waals surface area contributed by atoms with Gasteiger partial charge in [-0.15, -0.1) is 0 Å². The van der Waals surface area contributed by atoms with Crippen molar-refractivity contribution in [1.82, 2.24) is 5.32 Å². The quantitative estimate of drug-likeness (QED) is 0.666. The highest BCUT2D eigenvalue weighted by molar-refractivity contribution is 5.95. The molecule has 2 aliphatic rings. The smallest absolute Gasteiger partial charge is 0.279 e. The van der Waals surface area contributed by atoms with Gasteiger partial charge in [0.2, 0.25) is 11.7 Å². The Balaban J connectivity index is 1.66. The molecule has 0 radical (unpaired) electrons. The van der Waals surface area contributed by atoms with Crippen LogP contribution in [0, 0.1) is 0 Å². The number of carbonyl (C=O) groups is 2. The van der Waals surface area contributed by atoms with Gasteiger partial charge in [-0.05, 0) is 12.8 Å². The van der Waals surface area contributed by atoms with Crippen LogP contribution in [0.2, 0.25) is 0 Å². The van der Waals surface area contributed by atoms with Gasteiger partial charge in [0, 0.05) is 24.2 Å². The molecule has 3 rings (SSSR count). The molecule has 8 nitrogen and oxygen atoms in total. The summed E-state index contributed by atoms with van der Waals surface area (Å²) in [6.07, 6.45) is 4.55. The zero-order valence-electron chi connectivity index (χ0n) is 16.0. The molecule has 148 valence electrons. The molecule has 1 saturated carbocycles. The molecule has 1 heterocycles. The number of carbonyl (C=O) groups excluding carboxylic acids is 2. The maximum Gasteiger partial charge on any atom is 0.279 e. The number of piperazine rings is 1. The number of fused-ring (bicyclic) bond motifs is 1. The molecule has 0 spiro atoms. The summed E-state index contributed by atoms with van der Waals surface area (Å²) in [6.45, 7) is 0. The number of ether oxygens (including phenoxy) is 3. The second-order valence-corrected chi connectivity index (χ2v) is 7.03. The average molecular weight is 378 g/mol. The number of amides is 2. The first-order chi connectivity index (χ1) is 13.0. The van der Waals surface area contributed by atoms with Crippen LogP contribution in [0.3, 0.4) is 0 Å². The zero-order chi connectivity index (χ0) is 19.4. The Morgan fingerprint density at radius 1 is 1.15 bits per heavy atom. The van der Waals surface area contributed by atoms with E-state index in [0.717, 1.165) is 19.3 Å². The molecule has 2 amide bonds. The maximum atomic E-state index is 12.5. The Labute approximate surface area is 158 Å². The van der Waals surface area contributed by atoms with E-state index in [0.29, 0.717) is 29.0 Å². The number of nitrogens with two attached hydrogens (primary N) is 1. The molecular weight excluding hydrogens is 350 g/mol. The molecule has 27 heavy (non-hydrogen) atoms. The molecule has 1 aliphatic heterocycles. The second-order valence-electron chi connectivity index (χ2n) is 7.03. The van der Waals surface area contributed by atoms with Crippen molar-refractivity contribution in [2.45, 2.75) is 50.2 Å². The van der Waals surface area contributed by atoms with Crippen molar-refractivity contribution in [3.8, 4) is 17.2 Å². The topological polar surface area (TPSA) is 102 Å². The summed E-state index contributed by atoms with van der Waals surface area (Å²) in [7, 11) is 4.56. The molecule has 1 aromatic rings. The summed E-state index contributed by atoms with van der Waals surface area (Å²) in [4.78, 5) is 24.9. The van der Waals surface area contributed by atoms with Crippen LogP contribution in [0.4, 0.5) is 5.69 Å². The summed E-state index contributed by atoms with van der Waals surface area (Å²) < 4.78 is 15.9. The van der Waals surface area contributed by atoms with Crippen LogP contribution in [0.5, 0.6) is 17.2 Å². The SMILES string of the molecule is COc1cc(NC(=O)C[C@H]2[NH2+][C@H]3CCCC[C@@H]3NC2=O)cc(OC)c1OC. The zero-order valence-corrected chi connectivity index (χ0v) is 16.0. The van der Waals surface area contributed by atoms with Gasteiger partial charge in [0.15, 0.2) is 17.5 Å². The number of rotatable bonds is 6. The van der Waals surface area contributed by atoms with Gasteiger partial charge in [0.1, 0.15) is 6.04 Å². The van der Waals surface area contributed by atoms with Crippen molar-refractivity contribution in [1.29, 1.82) is 0 Å². The van der Waals surface area contributed by atoms with Crippen molar-refractivity contribution < 1.29 is 29.1 Å². The molecule has 0 bridgehead atoms. The van der Waals surface area contributed by atoms with E-state index in [2.05, 4.69) is 16.0 Å². The molecule has 2 fully saturated rings. The maximum absolute atomic E-state index is 12.5. The molecule has 1 saturated heterocycles. The molecule has 8 heteroatoms. The number of anilines is 1. The number of quaternary nitrogens is 1. The van der Waals surface area contributed by atoms with Gasteiger partial charge >= 0.3 is 0 Å². The number of benzene rings is 1. The lowest BCUT2D eigenvalue weighted by Crippen LogP contribution is -3.03. The van der Waals surface area contributed by atoms with E-state index < -0.39 is 6.04 Å². The summed E-state index contributed by atoms with van der Waals surface area (Å²) in [5, 5.41) is 7.98. The van der Waals surface area contributed by atoms with Crippen molar-refractivity contribution in [2.24, 2.45) is 0 Å². The second kappa shape index (κ2) is 8.47. The first-order valence-electron chi connectivity index (χ1n) is 9.31. The van der Waals surface area contributed by atoms with Gasteiger partial charge in [-0.25, -0.2) is 0 Å². The predicted octanol–water partition coefficient (Wildman–Crippen LogP) is 0.414. The third kappa shape index (κ3) is 4.27. The van der Waals surface area contributed by atoms with Crippen LogP contribution in [-0.4, -0.2) is 51.3 Å². The Hall–Kier alpha value is -2.48. The largest absolute Gasteiger partial charge is 0.493 e. The van der Waals surface area contributed by atoms with Crippen LogP contribution in [0.15, 0.2) is 12.1 Å². The van der Waals surface area contributed by atoms with Crippen LogP contribution >= 0.6 is 0 Å². The Kier molecular flexibility index (Phi) is 6.05. The van der Waals surface area contributed by atoms with Gasteiger partial charge in [0.25, 0.3) is 5.91 Å². The molecule has 4 N–H and O–H groups in total. The van der Waals surface area contributed by atoms with Crippen LogP contribution in [-0.2, 0) is 9.59 Å². The standard InChI is InChI=1S/C19H27N3O5/c1-25-15-8-11(9-16(26-2)18(15)27-3)20-17(23)10-14-19(24)22-13-7-5-4-6-12(13)21-14/h8-9,12-14,21H,4-7,10H2,1-3H3,(H,20,23)(H,22,24)/p+1/t12-,13-,14+/m0/s1. The van der Waals surface area contributed by atoms with Gasteiger partial charge in [-0.1, -0.05) is 6.42 Å². The van der Waals surface area contributed by atoms with Crippen LogP contribution in [0.25, 0.3) is 0 Å². The van der Waals surface area contributed by atoms with Gasteiger partial charge < -0.3 is 30.2 Å². The van der Waals surface area contributed by atoms with E-state index >= 15 is 0 Å². The molecule has 0 aromatic heterocycles. The molecule has 1 aliphatic carbocycles. The fraction of sp³-hybridized carbons (Fsp3) is 0.579. The highest BCUT2D eigenvalue weighted by Gasteiger charge is 2.40. The van der Waals surface area contributed by atoms with Crippen molar-refractivity contribution in [3.05, 3.63) is 12.1 Å². The Morgan fingerprint density at radius 3 is 2.44 bits per heavy atom. The molecular formula is C19H28N3O5+. The predicted molar refractivity (Wildman–Crippen MR) is 99.2 cm³/mol. The highest BCUT2D eigenvalue weighted by Crippen LogP contribution is 2.39. The van der Waals surface area contributed by atoms with Crippen molar-refractivity contribution in [3.63, 3.8) is 0 Å². The van der Waals surface area contributed by atoms with Gasteiger partial charge in [-0.3, -0.25) is 9.59 Å². The lowest BCUT2D eigenvalue weighted by atomic mass is 9.87. The minimum absolute atomic E-state index is 0.0572. The van der Waals surface area contributed by atoms with E-state index in [-0.39, 0.29) is 24.3 Å². The summed E-state index contributed by atoms with van der Waals surface area (Å²) in [5.41, 5.74) is 0.529. The first-order valence-corrected chi connectivity index (χ1v) is 9.31. The Morgan fingerprint density at radius 2 is 1.81 bits per heavy atom. The number of hydrogen-bond donors (Lipinski definition) is 3. The highest BCUT2D eigenvalue weighted by atomic mass is 16.5. The monoisotopic (exact) mass is 378 g/mol. The van der Waals surface area contributed by atoms with E-state index in [1.165, 1.54) is 27.8 Å². The third-order valence-corrected chi connectivity index (χ3v) is 5.32. The van der Waals surface area contributed by atoms with E-state index in [9.17, 15) is 9.59 Å². The summed E-state index contributed by atoms with van der Waals surface area (Å²) in [6, 6.07) is 3.55. The normalized spacial score (nSPS) is 24.4. The average Bonchev–Trinajstić information content (AvgIpc) is 2.67. The lowest BCUT2D eigenvalue weighted by molar-refractivity contribution is -0.718. The van der Waals surface area contributed by atoms with Crippen molar-refractivity contribution in [2.75, 3.05) is 26.6 Å². The number of methoxy groups -OCH3 is 3. The van der Waals surface area contributed by atoms with Crippen molar-refractivity contribution >= 4 is 17.5 Å². The Bertz CT molecular complexity index is 684. The van der Waals surface area contributed by atoms with E-state index in [4.69, 9.17) is 14.2 Å². The minimum Gasteiger partial charge on any atom is -0.493 e. The van der Waals surface area contributed by atoms with Gasteiger partial charge in [0.05, 0.1) is 33.8 Å². The lowest BCUT2D eigenvalue weighted by Gasteiger charge is -2.37. The van der Waals surface area contributed by atoms with Crippen LogP contribution in [0.1, 0.15) is 32.1 Å². The van der Waals surface area contributed by atoms with Crippen LogP contribution < -0.4 is 30.2 Å². The first kappa shape index (κ1) is 19.3. The summed E-state index contributed by atoms with van der Waals surface area (Å²) >= 11 is 0. The third-order valence-electron chi connectivity index (χ3n) is 5.32.